The lowest BCUT2D eigenvalue weighted by molar-refractivity contribution is 0.146. The molecule has 2 aliphatic rings. The number of benzene rings is 1. The van der Waals surface area contributed by atoms with Gasteiger partial charge in [0.2, 0.25) is 0 Å². The maximum absolute atomic E-state index is 11.0. The fourth-order valence-electron chi connectivity index (χ4n) is 4.39. The Bertz CT molecular complexity index is 844. The van der Waals surface area contributed by atoms with Gasteiger partial charge in [0, 0.05) is 62.1 Å². The second kappa shape index (κ2) is 8.43. The summed E-state index contributed by atoms with van der Waals surface area (Å²) in [5.74, 6) is 0. The molecule has 1 aromatic carbocycles. The van der Waals surface area contributed by atoms with E-state index < -0.39 is 6.10 Å². The highest BCUT2D eigenvalue weighted by Gasteiger charge is 2.28. The number of rotatable bonds is 5. The second-order valence-corrected chi connectivity index (χ2v) is 7.99. The van der Waals surface area contributed by atoms with Gasteiger partial charge >= 0.3 is 0 Å². The van der Waals surface area contributed by atoms with Gasteiger partial charge in [0.25, 0.3) is 0 Å². The number of hydrogen-bond acceptors (Lipinski definition) is 5. The number of aryl methyl sites for hydroxylation is 1. The molecule has 0 spiro atoms. The quantitative estimate of drug-likeness (QED) is 0.838. The topological polar surface area (TPSA) is 51.6 Å². The highest BCUT2D eigenvalue weighted by Crippen LogP contribution is 2.36. The van der Waals surface area contributed by atoms with Crippen LogP contribution in [-0.2, 0) is 6.54 Å². The van der Waals surface area contributed by atoms with Gasteiger partial charge in [-0.05, 0) is 55.6 Å². The summed E-state index contributed by atoms with van der Waals surface area (Å²) in [6, 6.07) is 12.8. The monoisotopic (exact) mass is 378 g/mol. The molecular weight excluding hydrogens is 348 g/mol. The Morgan fingerprint density at radius 3 is 2.89 bits per heavy atom. The Balaban J connectivity index is 1.58. The zero-order valence-corrected chi connectivity index (χ0v) is 16.8. The number of aromatic nitrogens is 1. The van der Waals surface area contributed by atoms with Crippen molar-refractivity contribution >= 4 is 5.69 Å². The molecule has 1 fully saturated rings. The van der Waals surface area contributed by atoms with Crippen molar-refractivity contribution in [2.75, 3.05) is 31.6 Å². The van der Waals surface area contributed by atoms with Crippen molar-refractivity contribution in [1.82, 2.24) is 15.2 Å². The molecule has 2 aromatic rings. The van der Waals surface area contributed by atoms with E-state index in [0.717, 1.165) is 48.7 Å². The van der Waals surface area contributed by atoms with Crippen molar-refractivity contribution in [3.63, 3.8) is 0 Å². The lowest BCUT2D eigenvalue weighted by Gasteiger charge is -2.38. The van der Waals surface area contributed by atoms with Crippen LogP contribution in [0, 0.1) is 6.92 Å². The van der Waals surface area contributed by atoms with E-state index in [-0.39, 0.29) is 0 Å². The molecule has 5 nitrogen and oxygen atoms in total. The molecule has 1 saturated heterocycles. The molecule has 2 atom stereocenters. The summed E-state index contributed by atoms with van der Waals surface area (Å²) in [7, 11) is 2.06. The van der Waals surface area contributed by atoms with Gasteiger partial charge < -0.3 is 15.3 Å². The van der Waals surface area contributed by atoms with Crippen LogP contribution in [0.2, 0.25) is 0 Å². The maximum Gasteiger partial charge on any atom is 0.105 e. The number of aliphatic hydroxyl groups is 1. The van der Waals surface area contributed by atoms with Gasteiger partial charge in [-0.15, -0.1) is 0 Å². The van der Waals surface area contributed by atoms with E-state index in [9.17, 15) is 5.11 Å². The minimum Gasteiger partial charge on any atom is -0.384 e. The number of pyridine rings is 1. The number of nitrogens with one attached hydrogen (secondary N) is 1. The molecule has 1 aromatic heterocycles. The van der Waals surface area contributed by atoms with Crippen molar-refractivity contribution in [3.05, 3.63) is 71.2 Å². The average Bonchev–Trinajstić information content (AvgIpc) is 2.72. The van der Waals surface area contributed by atoms with E-state index in [1.165, 1.54) is 18.4 Å². The molecule has 148 valence electrons. The Morgan fingerprint density at radius 2 is 2.11 bits per heavy atom. The number of fused-ring (bicyclic) bond motifs is 1. The van der Waals surface area contributed by atoms with Crippen LogP contribution in [0.15, 0.2) is 54.4 Å². The molecule has 2 N–H and O–H groups in total. The van der Waals surface area contributed by atoms with Crippen LogP contribution in [0.3, 0.4) is 0 Å². The van der Waals surface area contributed by atoms with Gasteiger partial charge in [-0.1, -0.05) is 18.2 Å². The molecule has 0 aliphatic carbocycles. The van der Waals surface area contributed by atoms with Gasteiger partial charge in [-0.3, -0.25) is 9.88 Å². The lowest BCUT2D eigenvalue weighted by Crippen LogP contribution is -2.47. The van der Waals surface area contributed by atoms with Crippen molar-refractivity contribution in [2.45, 2.75) is 38.5 Å². The van der Waals surface area contributed by atoms with Crippen LogP contribution < -0.4 is 10.2 Å². The lowest BCUT2D eigenvalue weighted by atomic mass is 9.95. The minimum atomic E-state index is -0.550. The van der Waals surface area contributed by atoms with Crippen molar-refractivity contribution < 1.29 is 5.11 Å². The predicted octanol–water partition coefficient (Wildman–Crippen LogP) is 3.01. The third kappa shape index (κ3) is 4.12. The Labute approximate surface area is 167 Å². The first-order valence-electron chi connectivity index (χ1n) is 10.2. The van der Waals surface area contributed by atoms with Gasteiger partial charge in [0.15, 0.2) is 0 Å². The zero-order valence-electron chi connectivity index (χ0n) is 16.8. The molecule has 0 radical (unpaired) electrons. The minimum absolute atomic E-state index is 0.470. The van der Waals surface area contributed by atoms with Crippen molar-refractivity contribution in [3.8, 4) is 0 Å². The highest BCUT2D eigenvalue weighted by molar-refractivity contribution is 5.61. The standard InChI is InChI=1S/C23H30N4O/c1-17-12-18(9-11-25-17)14-27(20-6-5-10-24-13-20)16-19-15-26(2)22-8-4-3-7-21(22)23(19)28/h3-4,7-9,11-12,15,20,23-24,28H,5-6,10,13-14,16H2,1-2H3. The predicted molar refractivity (Wildman–Crippen MR) is 113 cm³/mol. The van der Waals surface area contributed by atoms with Crippen LogP contribution >= 0.6 is 0 Å². The third-order valence-corrected chi connectivity index (χ3v) is 5.84. The van der Waals surface area contributed by atoms with Gasteiger partial charge in [-0.25, -0.2) is 0 Å². The molecule has 0 saturated carbocycles. The van der Waals surface area contributed by atoms with Gasteiger partial charge in [0.1, 0.15) is 6.10 Å². The van der Waals surface area contributed by atoms with E-state index in [4.69, 9.17) is 0 Å². The highest BCUT2D eigenvalue weighted by atomic mass is 16.3. The molecular formula is C23H30N4O. The summed E-state index contributed by atoms with van der Waals surface area (Å²) < 4.78 is 0. The molecule has 0 amide bonds. The Hall–Kier alpha value is -2.21. The van der Waals surface area contributed by atoms with E-state index in [2.05, 4.69) is 51.5 Å². The van der Waals surface area contributed by atoms with Crippen LogP contribution in [-0.4, -0.2) is 47.7 Å². The molecule has 28 heavy (non-hydrogen) atoms. The molecule has 2 aliphatic heterocycles. The van der Waals surface area contributed by atoms with Crippen LogP contribution in [0.5, 0.6) is 0 Å². The summed E-state index contributed by atoms with van der Waals surface area (Å²) in [6.07, 6.45) is 5.83. The molecule has 3 heterocycles. The molecule has 4 rings (SSSR count). The first-order chi connectivity index (χ1) is 13.6. The smallest absolute Gasteiger partial charge is 0.105 e. The summed E-state index contributed by atoms with van der Waals surface area (Å²) in [5.41, 5.74) is 5.44. The fraction of sp³-hybridized carbons (Fsp3) is 0.435. The van der Waals surface area contributed by atoms with Gasteiger partial charge in [-0.2, -0.15) is 0 Å². The largest absolute Gasteiger partial charge is 0.384 e. The number of piperidine rings is 1. The summed E-state index contributed by atoms with van der Waals surface area (Å²) >= 11 is 0. The van der Waals surface area contributed by atoms with Crippen LogP contribution in [0.4, 0.5) is 5.69 Å². The average molecular weight is 379 g/mol. The van der Waals surface area contributed by atoms with Crippen LogP contribution in [0.25, 0.3) is 0 Å². The first-order valence-corrected chi connectivity index (χ1v) is 10.2. The summed E-state index contributed by atoms with van der Waals surface area (Å²) in [5, 5.41) is 14.6. The van der Waals surface area contributed by atoms with E-state index >= 15 is 0 Å². The van der Waals surface area contributed by atoms with Crippen molar-refractivity contribution in [2.24, 2.45) is 0 Å². The number of hydrogen-bond donors (Lipinski definition) is 2. The normalized spacial score (nSPS) is 22.1. The number of nitrogens with zero attached hydrogens (tertiary/aromatic N) is 3. The van der Waals surface area contributed by atoms with E-state index in [1.807, 2.05) is 31.3 Å². The van der Waals surface area contributed by atoms with E-state index in [0.29, 0.717) is 6.04 Å². The Morgan fingerprint density at radius 1 is 1.25 bits per heavy atom. The molecule has 5 heteroatoms. The fourth-order valence-corrected chi connectivity index (χ4v) is 4.39. The first kappa shape index (κ1) is 19.1. The maximum atomic E-state index is 11.0. The Kier molecular flexibility index (Phi) is 5.76. The molecule has 0 bridgehead atoms. The zero-order chi connectivity index (χ0) is 19.5. The number of aliphatic hydroxyl groups excluding tert-OH is 1. The molecule has 2 unspecified atom stereocenters. The summed E-state index contributed by atoms with van der Waals surface area (Å²) in [6.45, 7) is 5.76. The number of anilines is 1. The van der Waals surface area contributed by atoms with Crippen molar-refractivity contribution in [1.29, 1.82) is 0 Å². The SMILES string of the molecule is Cc1cc(CN(CC2=CN(C)c3ccccc3C2O)C2CCCNC2)ccn1. The second-order valence-electron chi connectivity index (χ2n) is 7.99. The number of para-hydroxylation sites is 1. The van der Waals surface area contributed by atoms with Crippen LogP contribution in [0.1, 0.15) is 35.8 Å². The van der Waals surface area contributed by atoms with Gasteiger partial charge in [0.05, 0.1) is 0 Å². The summed E-state index contributed by atoms with van der Waals surface area (Å²) in [4.78, 5) is 8.98. The van der Waals surface area contributed by atoms with E-state index in [1.54, 1.807) is 0 Å². The third-order valence-electron chi connectivity index (χ3n) is 5.84.